The first-order valence-corrected chi connectivity index (χ1v) is 11.5. The number of nitrogens with one attached hydrogen (secondary N) is 3. The molecule has 0 saturated heterocycles. The van der Waals surface area contributed by atoms with Gasteiger partial charge >= 0.3 is 0 Å². The number of nitrogen functional groups attached to an aromatic ring is 2. The van der Waals surface area contributed by atoms with Gasteiger partial charge in [-0.3, -0.25) is 25.0 Å². The van der Waals surface area contributed by atoms with E-state index in [9.17, 15) is 9.59 Å². The van der Waals surface area contributed by atoms with Crippen molar-refractivity contribution in [2.24, 2.45) is 5.73 Å². The van der Waals surface area contributed by atoms with Gasteiger partial charge < -0.3 is 16.8 Å². The zero-order valence-corrected chi connectivity index (χ0v) is 20.4. The molecule has 0 radical (unpaired) electrons. The summed E-state index contributed by atoms with van der Waals surface area (Å²) >= 11 is 6.53. The van der Waals surface area contributed by atoms with Gasteiger partial charge in [0.1, 0.15) is 12.4 Å². The van der Waals surface area contributed by atoms with Crippen LogP contribution < -0.4 is 27.8 Å². The third kappa shape index (κ3) is 6.37. The maximum Gasteiger partial charge on any atom is 0.295 e. The van der Waals surface area contributed by atoms with E-state index in [4.69, 9.17) is 28.5 Å². The number of amidine groups is 1. The van der Waals surface area contributed by atoms with Crippen LogP contribution in [0.1, 0.15) is 25.0 Å². The molecule has 35 heavy (non-hydrogen) atoms. The normalized spacial score (nSPS) is 10.9. The average molecular weight is 497 g/mol. The van der Waals surface area contributed by atoms with Crippen LogP contribution in [0.25, 0.3) is 11.3 Å². The quantitative estimate of drug-likeness (QED) is 0.125. The minimum absolute atomic E-state index is 0.0268. The van der Waals surface area contributed by atoms with Gasteiger partial charge in [0.2, 0.25) is 11.7 Å². The second-order valence-corrected chi connectivity index (χ2v) is 8.15. The van der Waals surface area contributed by atoms with Crippen molar-refractivity contribution in [2.75, 3.05) is 24.2 Å². The first-order valence-electron chi connectivity index (χ1n) is 11.1. The highest BCUT2D eigenvalue weighted by Crippen LogP contribution is 2.27. The monoisotopic (exact) mass is 496 g/mol. The van der Waals surface area contributed by atoms with Gasteiger partial charge in [0.25, 0.3) is 5.56 Å². The average Bonchev–Trinajstić information content (AvgIpc) is 2.84. The summed E-state index contributed by atoms with van der Waals surface area (Å²) in [7, 11) is 0. The maximum absolute atomic E-state index is 13.4. The summed E-state index contributed by atoms with van der Waals surface area (Å²) in [6.07, 6.45) is 0. The van der Waals surface area contributed by atoms with Gasteiger partial charge in [-0.25, -0.2) is 9.99 Å². The molecule has 0 unspecified atom stereocenters. The fourth-order valence-electron chi connectivity index (χ4n) is 3.46. The molecule has 0 fully saturated rings. The number of benzene rings is 2. The molecule has 11 heteroatoms. The standard InChI is InChI=1S/C24H29ClN8O2/c1-3-32(4-2)31-23-24(35)33(20(21(25)30-23)17-6-5-7-18(26)12-17)14-19(34)29-13-15-8-10-16(11-9-15)22(27)28/h5-12H,3-4,13-14,26H2,1-2H3,(H3,27,28)(H,29,34)(H,30,31). The molecule has 2 aromatic carbocycles. The Kier molecular flexibility index (Phi) is 8.45. The molecule has 7 N–H and O–H groups in total. The van der Waals surface area contributed by atoms with Crippen LogP contribution in [0, 0.1) is 5.41 Å². The lowest BCUT2D eigenvalue weighted by Crippen LogP contribution is -2.38. The highest BCUT2D eigenvalue weighted by molar-refractivity contribution is 6.32. The lowest BCUT2D eigenvalue weighted by atomic mass is 10.1. The van der Waals surface area contributed by atoms with Crippen molar-refractivity contribution in [3.63, 3.8) is 0 Å². The van der Waals surface area contributed by atoms with Crippen molar-refractivity contribution in [1.82, 2.24) is 19.9 Å². The summed E-state index contributed by atoms with van der Waals surface area (Å²) in [4.78, 5) is 30.5. The highest BCUT2D eigenvalue weighted by Gasteiger charge is 2.20. The van der Waals surface area contributed by atoms with Gasteiger partial charge in [-0.05, 0) is 17.7 Å². The van der Waals surface area contributed by atoms with E-state index < -0.39 is 5.56 Å². The van der Waals surface area contributed by atoms with Crippen molar-refractivity contribution >= 4 is 34.8 Å². The number of nitrogens with zero attached hydrogens (tertiary/aromatic N) is 3. The van der Waals surface area contributed by atoms with E-state index in [1.807, 2.05) is 13.8 Å². The van der Waals surface area contributed by atoms with Gasteiger partial charge in [0.05, 0.1) is 5.69 Å². The van der Waals surface area contributed by atoms with Gasteiger partial charge in [-0.1, -0.05) is 61.8 Å². The lowest BCUT2D eigenvalue weighted by Gasteiger charge is -2.22. The van der Waals surface area contributed by atoms with Gasteiger partial charge in [0, 0.05) is 36.4 Å². The Labute approximate surface area is 208 Å². The van der Waals surface area contributed by atoms with Crippen LogP contribution in [0.2, 0.25) is 5.15 Å². The fourth-order valence-corrected chi connectivity index (χ4v) is 3.75. The predicted molar refractivity (Wildman–Crippen MR) is 139 cm³/mol. The largest absolute Gasteiger partial charge is 0.399 e. The summed E-state index contributed by atoms with van der Waals surface area (Å²) in [5.74, 6) is -0.388. The molecule has 3 aromatic rings. The lowest BCUT2D eigenvalue weighted by molar-refractivity contribution is -0.121. The van der Waals surface area contributed by atoms with Crippen molar-refractivity contribution in [2.45, 2.75) is 26.9 Å². The predicted octanol–water partition coefficient (Wildman–Crippen LogP) is 2.42. The van der Waals surface area contributed by atoms with Crippen LogP contribution in [0.3, 0.4) is 0 Å². The van der Waals surface area contributed by atoms with Crippen LogP contribution in [-0.2, 0) is 17.9 Å². The topological polar surface area (TPSA) is 155 Å². The zero-order chi connectivity index (χ0) is 25.5. The summed E-state index contributed by atoms with van der Waals surface area (Å²) in [6.45, 7) is 5.11. The number of hydrogen-bond acceptors (Lipinski definition) is 7. The molecule has 0 aliphatic rings. The highest BCUT2D eigenvalue weighted by atomic mass is 35.5. The molecule has 0 aliphatic carbocycles. The van der Waals surface area contributed by atoms with Crippen molar-refractivity contribution in [1.29, 1.82) is 5.41 Å². The molecule has 184 valence electrons. The van der Waals surface area contributed by atoms with Gasteiger partial charge in [0.15, 0.2) is 5.15 Å². The molecule has 1 aromatic heterocycles. The van der Waals surface area contributed by atoms with E-state index in [0.29, 0.717) is 35.6 Å². The molecular weight excluding hydrogens is 468 g/mol. The molecule has 3 rings (SSSR count). The van der Waals surface area contributed by atoms with E-state index in [0.717, 1.165) is 5.56 Å². The number of amides is 1. The Morgan fingerprint density at radius 3 is 2.46 bits per heavy atom. The third-order valence-electron chi connectivity index (χ3n) is 5.37. The number of anilines is 2. The van der Waals surface area contributed by atoms with E-state index in [1.165, 1.54) is 4.57 Å². The van der Waals surface area contributed by atoms with Crippen molar-refractivity contribution in [3.05, 3.63) is 75.2 Å². The minimum atomic E-state index is -0.486. The SMILES string of the molecule is CCN(CC)Nc1nc(Cl)c(-c2cccc(N)c2)n(CC(=O)NCc2ccc(C(=N)N)cc2)c1=O. The van der Waals surface area contributed by atoms with Crippen LogP contribution in [0.15, 0.2) is 53.3 Å². The number of carbonyl (C=O) groups is 1. The molecule has 10 nitrogen and oxygen atoms in total. The van der Waals surface area contributed by atoms with Gasteiger partial charge in [-0.15, -0.1) is 0 Å². The zero-order valence-electron chi connectivity index (χ0n) is 19.6. The number of aromatic nitrogens is 2. The number of rotatable bonds is 10. The maximum atomic E-state index is 13.4. The Morgan fingerprint density at radius 1 is 1.17 bits per heavy atom. The molecule has 0 atom stereocenters. The first kappa shape index (κ1) is 25.7. The summed E-state index contributed by atoms with van der Waals surface area (Å²) in [5, 5.41) is 12.2. The smallest absolute Gasteiger partial charge is 0.295 e. The molecule has 0 spiro atoms. The van der Waals surface area contributed by atoms with E-state index in [-0.39, 0.29) is 35.8 Å². The fraction of sp³-hybridized carbons (Fsp3) is 0.250. The molecule has 1 heterocycles. The Bertz CT molecular complexity index is 1270. The number of nitrogens with two attached hydrogens (primary N) is 2. The molecule has 0 aliphatic heterocycles. The second kappa shape index (κ2) is 11.5. The number of hydrazine groups is 1. The Morgan fingerprint density at radius 2 is 1.86 bits per heavy atom. The molecule has 0 saturated carbocycles. The summed E-state index contributed by atoms with van der Waals surface area (Å²) in [6, 6.07) is 13.8. The molecule has 0 bridgehead atoms. The number of hydrogen-bond donors (Lipinski definition) is 5. The van der Waals surface area contributed by atoms with Crippen LogP contribution in [0.5, 0.6) is 0 Å². The van der Waals surface area contributed by atoms with E-state index in [1.54, 1.807) is 53.5 Å². The second-order valence-electron chi connectivity index (χ2n) is 7.79. The summed E-state index contributed by atoms with van der Waals surface area (Å²) < 4.78 is 1.30. The van der Waals surface area contributed by atoms with E-state index >= 15 is 0 Å². The third-order valence-corrected chi connectivity index (χ3v) is 5.63. The van der Waals surface area contributed by atoms with Crippen LogP contribution in [-0.4, -0.2) is 39.4 Å². The van der Waals surface area contributed by atoms with Crippen molar-refractivity contribution < 1.29 is 4.79 Å². The number of halogens is 1. The molecule has 1 amide bonds. The molecular formula is C24H29ClN8O2. The van der Waals surface area contributed by atoms with E-state index in [2.05, 4.69) is 15.7 Å². The van der Waals surface area contributed by atoms with Crippen LogP contribution in [0.4, 0.5) is 11.5 Å². The Hall–Kier alpha value is -3.89. The van der Waals surface area contributed by atoms with Crippen molar-refractivity contribution in [3.8, 4) is 11.3 Å². The first-order chi connectivity index (χ1) is 16.7. The Balaban J connectivity index is 1.92. The van der Waals surface area contributed by atoms with Crippen LogP contribution >= 0.6 is 11.6 Å². The minimum Gasteiger partial charge on any atom is -0.399 e. The van der Waals surface area contributed by atoms with Gasteiger partial charge in [-0.2, -0.15) is 0 Å². The summed E-state index contributed by atoms with van der Waals surface area (Å²) in [5.41, 5.74) is 16.7. The number of carbonyl (C=O) groups excluding carboxylic acids is 1.